The number of hydrogen-bond donors (Lipinski definition) is 1. The van der Waals surface area contributed by atoms with Crippen molar-refractivity contribution in [1.82, 2.24) is 30.0 Å². The minimum atomic E-state index is -4.50. The number of anilines is 1. The molecule has 0 spiro atoms. The third kappa shape index (κ3) is 6.05. The number of aryl methyl sites for hydroxylation is 2. The molecule has 2 aromatic heterocycles. The van der Waals surface area contributed by atoms with Crippen molar-refractivity contribution in [2.24, 2.45) is 0 Å². The molecule has 0 radical (unpaired) electrons. The van der Waals surface area contributed by atoms with Gasteiger partial charge in [-0.15, -0.1) is 0 Å². The first-order valence-corrected chi connectivity index (χ1v) is 14.0. The van der Waals surface area contributed by atoms with Gasteiger partial charge in [0.15, 0.2) is 5.69 Å². The zero-order valence-corrected chi connectivity index (χ0v) is 24.4. The Labute approximate surface area is 251 Å². The van der Waals surface area contributed by atoms with Gasteiger partial charge in [-0.3, -0.25) is 14.8 Å². The predicted molar refractivity (Wildman–Crippen MR) is 156 cm³/mol. The summed E-state index contributed by atoms with van der Waals surface area (Å²) in [5.41, 5.74) is 1.40. The van der Waals surface area contributed by atoms with Crippen LogP contribution in [0.15, 0.2) is 60.8 Å². The summed E-state index contributed by atoms with van der Waals surface area (Å²) in [5.74, 6) is -0.781. The highest BCUT2D eigenvalue weighted by molar-refractivity contribution is 5.94. The van der Waals surface area contributed by atoms with E-state index in [4.69, 9.17) is 0 Å². The maximum atomic E-state index is 13.8. The van der Waals surface area contributed by atoms with Crippen LogP contribution in [-0.2, 0) is 11.0 Å². The van der Waals surface area contributed by atoms with Gasteiger partial charge in [-0.2, -0.15) is 18.3 Å². The fourth-order valence-corrected chi connectivity index (χ4v) is 5.49. The van der Waals surface area contributed by atoms with Gasteiger partial charge in [-0.25, -0.2) is 9.07 Å². The zero-order chi connectivity index (χ0) is 31.6. The summed E-state index contributed by atoms with van der Waals surface area (Å²) in [7, 11) is 1.75. The Hall–Kier alpha value is -4.65. The van der Waals surface area contributed by atoms with Gasteiger partial charge in [0, 0.05) is 25.0 Å². The molecule has 3 heterocycles. The molecule has 13 heteroatoms. The molecule has 0 aliphatic carbocycles. The maximum Gasteiger partial charge on any atom is 0.416 e. The van der Waals surface area contributed by atoms with Crippen LogP contribution in [0, 0.1) is 19.7 Å². The van der Waals surface area contributed by atoms with Crippen LogP contribution in [0.4, 0.5) is 23.2 Å². The van der Waals surface area contributed by atoms with Crippen molar-refractivity contribution in [3.05, 3.63) is 89.3 Å². The van der Waals surface area contributed by atoms with E-state index in [1.807, 2.05) is 4.90 Å². The van der Waals surface area contributed by atoms with E-state index in [-0.39, 0.29) is 24.6 Å². The van der Waals surface area contributed by atoms with Crippen molar-refractivity contribution in [3.63, 3.8) is 0 Å². The Balaban J connectivity index is 1.45. The zero-order valence-electron chi connectivity index (χ0n) is 24.4. The number of aldehydes is 1. The maximum absolute atomic E-state index is 13.8. The molecule has 230 valence electrons. The average Bonchev–Trinajstić information content (AvgIpc) is 3.45. The molecule has 1 N–H and O–H groups in total. The van der Waals surface area contributed by atoms with Crippen LogP contribution in [0.25, 0.3) is 17.1 Å². The van der Waals surface area contributed by atoms with E-state index in [1.54, 1.807) is 50.2 Å². The van der Waals surface area contributed by atoms with Gasteiger partial charge in [0.2, 0.25) is 0 Å². The smallest absolute Gasteiger partial charge is 0.346 e. The Kier molecular flexibility index (Phi) is 8.51. The van der Waals surface area contributed by atoms with Crippen molar-refractivity contribution in [2.45, 2.75) is 38.4 Å². The monoisotopic (exact) mass is 609 g/mol. The molecule has 0 unspecified atom stereocenters. The number of carbonyl (C=O) groups is 2. The molecule has 1 aliphatic rings. The summed E-state index contributed by atoms with van der Waals surface area (Å²) < 4.78 is 54.7. The topological polar surface area (TPSA) is 96.3 Å². The molecule has 1 saturated heterocycles. The quantitative estimate of drug-likeness (QED) is 0.171. The van der Waals surface area contributed by atoms with E-state index in [0.29, 0.717) is 53.7 Å². The molecule has 5 rings (SSSR count). The summed E-state index contributed by atoms with van der Waals surface area (Å²) in [5, 5.41) is 7.58. The highest BCUT2D eigenvalue weighted by Crippen LogP contribution is 2.34. The van der Waals surface area contributed by atoms with E-state index in [0.717, 1.165) is 18.4 Å². The van der Waals surface area contributed by atoms with Crippen molar-refractivity contribution < 1.29 is 27.2 Å². The highest BCUT2D eigenvalue weighted by atomic mass is 19.4. The summed E-state index contributed by atoms with van der Waals surface area (Å²) in [4.78, 5) is 38.7. The fraction of sp³-hybridized carbons (Fsp3) is 0.323. The third-order valence-corrected chi connectivity index (χ3v) is 7.81. The number of carbonyl (C=O) groups excluding carboxylic acids is 2. The molecular weight excluding hydrogens is 578 g/mol. The molecule has 9 nitrogen and oxygen atoms in total. The Morgan fingerprint density at radius 2 is 1.73 bits per heavy atom. The lowest BCUT2D eigenvalue weighted by Crippen LogP contribution is -2.59. The van der Waals surface area contributed by atoms with Crippen LogP contribution in [0.3, 0.4) is 0 Å². The molecule has 0 atom stereocenters. The van der Waals surface area contributed by atoms with Gasteiger partial charge in [0.05, 0.1) is 35.0 Å². The van der Waals surface area contributed by atoms with E-state index < -0.39 is 23.2 Å². The summed E-state index contributed by atoms with van der Waals surface area (Å²) in [6, 6.07) is 11.9. The first-order valence-electron chi connectivity index (χ1n) is 14.0. The van der Waals surface area contributed by atoms with Gasteiger partial charge in [0.25, 0.3) is 5.91 Å². The second-order valence-electron chi connectivity index (χ2n) is 10.7. The second-order valence-corrected chi connectivity index (χ2v) is 10.7. The van der Waals surface area contributed by atoms with Gasteiger partial charge in [-0.05, 0) is 88.3 Å². The van der Waals surface area contributed by atoms with Gasteiger partial charge in [0.1, 0.15) is 23.3 Å². The van der Waals surface area contributed by atoms with Crippen molar-refractivity contribution >= 4 is 17.9 Å². The standard InChI is InChI=1S/C31H31F4N7O2/c1-20-17-37-28(21(2)38-20)27-16-26(39-42(27)25-8-4-22(5-9-25)31(33,34)35)29(44)40-14-12-30(18-43,13-15-40)41(19-36-3)24-10-6-23(32)7-11-24/h4-11,16-18,36H,12-15,19H2,1-3H3. The lowest BCUT2D eigenvalue weighted by molar-refractivity contribution is -0.137. The lowest BCUT2D eigenvalue weighted by atomic mass is 9.86. The fourth-order valence-electron chi connectivity index (χ4n) is 5.49. The average molecular weight is 610 g/mol. The van der Waals surface area contributed by atoms with Crippen LogP contribution in [-0.4, -0.2) is 69.2 Å². The number of halogens is 4. The number of nitrogens with zero attached hydrogens (tertiary/aromatic N) is 6. The number of alkyl halides is 3. The lowest BCUT2D eigenvalue weighted by Gasteiger charge is -2.46. The number of piperidine rings is 1. The number of rotatable bonds is 8. The number of hydrogen-bond acceptors (Lipinski definition) is 7. The molecule has 44 heavy (non-hydrogen) atoms. The largest absolute Gasteiger partial charge is 0.416 e. The summed E-state index contributed by atoms with van der Waals surface area (Å²) in [6.07, 6.45) is -1.43. The van der Waals surface area contributed by atoms with Crippen molar-refractivity contribution in [2.75, 3.05) is 31.7 Å². The molecule has 1 fully saturated rings. The molecule has 4 aromatic rings. The van der Waals surface area contributed by atoms with Crippen LogP contribution < -0.4 is 10.2 Å². The van der Waals surface area contributed by atoms with Crippen molar-refractivity contribution in [3.8, 4) is 17.1 Å². The normalized spacial score (nSPS) is 14.8. The minimum absolute atomic E-state index is 0.0749. The number of amides is 1. The number of benzene rings is 2. The Bertz CT molecular complexity index is 1650. The first kappa shape index (κ1) is 30.8. The second kappa shape index (κ2) is 12.2. The molecule has 0 saturated carbocycles. The predicted octanol–water partition coefficient (Wildman–Crippen LogP) is 4.96. The van der Waals surface area contributed by atoms with Crippen molar-refractivity contribution in [1.29, 1.82) is 0 Å². The van der Waals surface area contributed by atoms with E-state index >= 15 is 0 Å². The van der Waals surface area contributed by atoms with Crippen LogP contribution in [0.2, 0.25) is 0 Å². The minimum Gasteiger partial charge on any atom is -0.346 e. The van der Waals surface area contributed by atoms with E-state index in [1.165, 1.54) is 28.9 Å². The van der Waals surface area contributed by atoms with Crippen LogP contribution >= 0.6 is 0 Å². The third-order valence-electron chi connectivity index (χ3n) is 7.81. The summed E-state index contributed by atoms with van der Waals surface area (Å²) >= 11 is 0. The highest BCUT2D eigenvalue weighted by Gasteiger charge is 2.41. The number of nitrogens with one attached hydrogen (secondary N) is 1. The van der Waals surface area contributed by atoms with Gasteiger partial charge >= 0.3 is 6.18 Å². The molecule has 1 amide bonds. The number of likely N-dealkylation sites (tertiary alicyclic amines) is 1. The van der Waals surface area contributed by atoms with E-state index in [2.05, 4.69) is 20.4 Å². The molecular formula is C31H31F4N7O2. The SMILES string of the molecule is CNCN(c1ccc(F)cc1)C1(C=O)CCN(C(=O)c2cc(-c3ncc(C)nc3C)n(-c3ccc(C(F)(F)F)cc3)n2)CC1. The first-order chi connectivity index (χ1) is 21.0. The Morgan fingerprint density at radius 3 is 2.30 bits per heavy atom. The van der Waals surface area contributed by atoms with Gasteiger partial charge in [-0.1, -0.05) is 0 Å². The van der Waals surface area contributed by atoms with Crippen LogP contribution in [0.5, 0.6) is 0 Å². The van der Waals surface area contributed by atoms with Crippen LogP contribution in [0.1, 0.15) is 40.3 Å². The summed E-state index contributed by atoms with van der Waals surface area (Å²) in [6.45, 7) is 4.35. The molecule has 1 aliphatic heterocycles. The van der Waals surface area contributed by atoms with Gasteiger partial charge < -0.3 is 19.9 Å². The number of aromatic nitrogens is 4. The molecule has 2 aromatic carbocycles. The van der Waals surface area contributed by atoms with E-state index in [9.17, 15) is 27.2 Å². The Morgan fingerprint density at radius 1 is 1.07 bits per heavy atom. The molecule has 0 bridgehead atoms.